The van der Waals surface area contributed by atoms with Crippen LogP contribution in [-0.2, 0) is 19.1 Å². The van der Waals surface area contributed by atoms with Crippen molar-refractivity contribution in [1.82, 2.24) is 0 Å². The minimum absolute atomic E-state index is 0.249. The molecule has 136 valence electrons. The van der Waals surface area contributed by atoms with Crippen LogP contribution in [0.25, 0.3) is 10.9 Å². The molecule has 0 fully saturated rings. The summed E-state index contributed by atoms with van der Waals surface area (Å²) in [6.07, 6.45) is 4.54. The lowest BCUT2D eigenvalue weighted by Gasteiger charge is -2.06. The quantitative estimate of drug-likeness (QED) is 0.278. The van der Waals surface area contributed by atoms with Crippen LogP contribution < -0.4 is 0 Å². The van der Waals surface area contributed by atoms with Crippen LogP contribution in [0.15, 0.2) is 42.4 Å². The molecular formula is C18H14B2I2O4S. The maximum absolute atomic E-state index is 11.7. The molecule has 0 saturated heterocycles. The maximum atomic E-state index is 11.7. The van der Waals surface area contributed by atoms with Gasteiger partial charge in [0.05, 0.1) is 27.1 Å². The Balaban J connectivity index is 1.90. The summed E-state index contributed by atoms with van der Waals surface area (Å²) in [5.74, 6) is -0.498. The number of thiophene rings is 1. The Labute approximate surface area is 190 Å². The number of ether oxygens (including phenoxy) is 2. The van der Waals surface area contributed by atoms with Gasteiger partial charge in [-0.25, -0.2) is 0 Å². The van der Waals surface area contributed by atoms with Gasteiger partial charge in [0.1, 0.15) is 0 Å². The van der Waals surface area contributed by atoms with E-state index in [0.29, 0.717) is 0 Å². The van der Waals surface area contributed by atoms with E-state index in [1.54, 1.807) is 11.3 Å². The fourth-order valence-electron chi connectivity index (χ4n) is 2.87. The highest BCUT2D eigenvalue weighted by atomic mass is 127. The molecule has 3 rings (SSSR count). The van der Waals surface area contributed by atoms with Crippen molar-refractivity contribution in [3.05, 3.63) is 52.1 Å². The molecule has 0 amide bonds. The highest BCUT2D eigenvalue weighted by Crippen LogP contribution is 2.40. The molecule has 4 nitrogen and oxygen atoms in total. The number of carbonyl (C=O) groups is 2. The van der Waals surface area contributed by atoms with Crippen molar-refractivity contribution in [3.63, 3.8) is 0 Å². The number of halogens is 2. The highest BCUT2D eigenvalue weighted by Gasteiger charge is 2.24. The topological polar surface area (TPSA) is 52.6 Å². The van der Waals surface area contributed by atoms with Crippen molar-refractivity contribution in [2.45, 2.75) is 12.8 Å². The molecular weight excluding hydrogens is 588 g/mol. The summed E-state index contributed by atoms with van der Waals surface area (Å²) < 4.78 is 11.8. The Bertz CT molecular complexity index is 855. The Hall–Kier alpha value is -0.810. The van der Waals surface area contributed by atoms with Gasteiger partial charge in [0.15, 0.2) is 0 Å². The van der Waals surface area contributed by atoms with E-state index in [1.807, 2.05) is 12.2 Å². The molecule has 0 saturated carbocycles. The minimum Gasteiger partial charge on any atom is -0.469 e. The Morgan fingerprint density at radius 3 is 1.67 bits per heavy atom. The largest absolute Gasteiger partial charge is 0.469 e. The van der Waals surface area contributed by atoms with Crippen LogP contribution in [0.2, 0.25) is 0 Å². The highest BCUT2D eigenvalue weighted by molar-refractivity contribution is 14.1. The van der Waals surface area contributed by atoms with Gasteiger partial charge in [0.2, 0.25) is 14.6 Å². The summed E-state index contributed by atoms with van der Waals surface area (Å²) in [7, 11) is 6.97. The van der Waals surface area contributed by atoms with Crippen LogP contribution in [0.4, 0.5) is 0 Å². The third-order valence-electron chi connectivity index (χ3n) is 4.14. The standard InChI is InChI=1S/C18H14B2I2O4S/c1-25-15(23)7-9-5-13(21)19-17(9)11-3-4-12(27-11)18-10(6-14(22)20-18)8-16(24)26-2/h3-6H,7-8H2,1-2H3. The molecule has 0 aliphatic carbocycles. The Kier molecular flexibility index (Phi) is 7.07. The molecule has 2 radical (unpaired) electrons. The average Bonchev–Trinajstić information content (AvgIpc) is 3.33. The number of methoxy groups -OCH3 is 2. The van der Waals surface area contributed by atoms with E-state index in [4.69, 9.17) is 9.47 Å². The molecule has 0 atom stereocenters. The molecule has 1 aromatic heterocycles. The fraction of sp³-hybridized carbons (Fsp3) is 0.222. The molecule has 9 heteroatoms. The molecule has 27 heavy (non-hydrogen) atoms. The van der Waals surface area contributed by atoms with Crippen molar-refractivity contribution >= 4 is 94.0 Å². The first kappa shape index (κ1) is 20.9. The smallest absolute Gasteiger partial charge is 0.309 e. The molecule has 2 aliphatic heterocycles. The van der Waals surface area contributed by atoms with E-state index in [2.05, 4.69) is 71.9 Å². The van der Waals surface area contributed by atoms with Gasteiger partial charge in [-0.05, 0) is 30.2 Å². The first-order valence-electron chi connectivity index (χ1n) is 8.05. The lowest BCUT2D eigenvalue weighted by Crippen LogP contribution is -2.02. The fourth-order valence-corrected chi connectivity index (χ4v) is 5.35. The number of carbonyl (C=O) groups excluding carboxylic acids is 2. The van der Waals surface area contributed by atoms with Crippen molar-refractivity contribution in [1.29, 1.82) is 0 Å². The van der Waals surface area contributed by atoms with Gasteiger partial charge in [0.25, 0.3) is 0 Å². The lowest BCUT2D eigenvalue weighted by atomic mass is 9.70. The number of allylic oxidation sites excluding steroid dienone is 2. The van der Waals surface area contributed by atoms with E-state index in [0.717, 1.165) is 38.8 Å². The third-order valence-corrected chi connectivity index (χ3v) is 6.54. The zero-order valence-corrected chi connectivity index (χ0v) is 19.8. The number of hydrogen-bond donors (Lipinski definition) is 0. The van der Waals surface area contributed by atoms with Gasteiger partial charge in [-0.15, -0.1) is 11.3 Å². The number of rotatable bonds is 6. The van der Waals surface area contributed by atoms with Crippen molar-refractivity contribution in [2.24, 2.45) is 0 Å². The van der Waals surface area contributed by atoms with Gasteiger partial charge < -0.3 is 9.47 Å². The van der Waals surface area contributed by atoms with Crippen LogP contribution in [0.3, 0.4) is 0 Å². The van der Waals surface area contributed by atoms with Crippen molar-refractivity contribution in [3.8, 4) is 0 Å². The van der Waals surface area contributed by atoms with Crippen LogP contribution in [0.5, 0.6) is 0 Å². The van der Waals surface area contributed by atoms with Crippen LogP contribution >= 0.6 is 56.5 Å². The average molecular weight is 602 g/mol. The van der Waals surface area contributed by atoms with Gasteiger partial charge in [-0.2, -0.15) is 0 Å². The second-order valence-corrected chi connectivity index (χ2v) is 9.47. The molecule has 0 spiro atoms. The molecule has 0 aromatic carbocycles. The predicted molar refractivity (Wildman–Crippen MR) is 127 cm³/mol. The van der Waals surface area contributed by atoms with Gasteiger partial charge >= 0.3 is 11.9 Å². The third kappa shape index (κ3) is 4.97. The van der Waals surface area contributed by atoms with E-state index >= 15 is 0 Å². The summed E-state index contributed by atoms with van der Waals surface area (Å²) in [6.45, 7) is 0. The summed E-state index contributed by atoms with van der Waals surface area (Å²) in [6, 6.07) is 4.13. The van der Waals surface area contributed by atoms with Crippen LogP contribution in [-0.4, -0.2) is 40.7 Å². The molecule has 0 bridgehead atoms. The van der Waals surface area contributed by atoms with E-state index < -0.39 is 0 Å². The van der Waals surface area contributed by atoms with Crippen molar-refractivity contribution < 1.29 is 19.1 Å². The van der Waals surface area contributed by atoms with Crippen LogP contribution in [0.1, 0.15) is 22.6 Å². The van der Waals surface area contributed by atoms with Gasteiger partial charge in [-0.3, -0.25) is 9.59 Å². The molecule has 0 unspecified atom stereocenters. The SMILES string of the molecule is COC(=O)CC1=C(c2ccc(C3=C(CC(=O)OC)C=C(I)[B]3)s2)[B]C(I)=C1. The first-order valence-corrected chi connectivity index (χ1v) is 11.0. The zero-order chi connectivity index (χ0) is 19.6. The van der Waals surface area contributed by atoms with Crippen molar-refractivity contribution in [2.75, 3.05) is 14.2 Å². The number of esters is 2. The maximum Gasteiger partial charge on any atom is 0.309 e. The Morgan fingerprint density at radius 1 is 0.889 bits per heavy atom. The van der Waals surface area contributed by atoms with E-state index in [9.17, 15) is 9.59 Å². The molecule has 3 heterocycles. The normalized spacial score (nSPS) is 16.0. The predicted octanol–water partition coefficient (Wildman–Crippen LogP) is 4.28. The van der Waals surface area contributed by atoms with E-state index in [-0.39, 0.29) is 24.8 Å². The number of hydrogen-bond acceptors (Lipinski definition) is 5. The second kappa shape index (κ2) is 9.13. The minimum atomic E-state index is -0.249. The lowest BCUT2D eigenvalue weighted by molar-refractivity contribution is -0.140. The Morgan fingerprint density at radius 2 is 1.30 bits per heavy atom. The zero-order valence-electron chi connectivity index (χ0n) is 14.7. The molecule has 0 N–H and O–H groups in total. The summed E-state index contributed by atoms with van der Waals surface area (Å²) >= 11 is 6.17. The van der Waals surface area contributed by atoms with Crippen LogP contribution in [0, 0.1) is 0 Å². The van der Waals surface area contributed by atoms with Gasteiger partial charge in [-0.1, -0.05) is 68.3 Å². The molecule has 2 aliphatic rings. The second-order valence-electron chi connectivity index (χ2n) is 5.89. The van der Waals surface area contributed by atoms with Gasteiger partial charge in [0, 0.05) is 9.75 Å². The summed E-state index contributed by atoms with van der Waals surface area (Å²) in [4.78, 5) is 25.6. The summed E-state index contributed by atoms with van der Waals surface area (Å²) in [5, 5.41) is 0. The first-order chi connectivity index (χ1) is 12.9. The monoisotopic (exact) mass is 602 g/mol. The summed E-state index contributed by atoms with van der Waals surface area (Å²) in [5.41, 5.74) is 4.03. The van der Waals surface area contributed by atoms with E-state index in [1.165, 1.54) is 14.2 Å². The molecule has 1 aromatic rings.